The Labute approximate surface area is 190 Å². The molecular formula is C28H30N2O2. The number of aryl methyl sites for hydroxylation is 1. The Morgan fingerprint density at radius 2 is 1.00 bits per heavy atom. The number of hydrogen-bond acceptors (Lipinski definition) is 4. The fraction of sp³-hybridized carbons (Fsp3) is 0.143. The van der Waals surface area contributed by atoms with Gasteiger partial charge in [0.05, 0.1) is 0 Å². The van der Waals surface area contributed by atoms with E-state index < -0.39 is 0 Å². The Hall–Kier alpha value is -3.60. The number of ether oxygens (including phenoxy) is 2. The van der Waals surface area contributed by atoms with Crippen molar-refractivity contribution in [3.63, 3.8) is 0 Å². The van der Waals surface area contributed by atoms with Crippen molar-refractivity contribution in [2.24, 2.45) is 11.5 Å². The average Bonchev–Trinajstić information content (AvgIpc) is 2.85. The molecule has 0 saturated carbocycles. The number of benzene rings is 4. The third-order valence-electron chi connectivity index (χ3n) is 4.82. The quantitative estimate of drug-likeness (QED) is 0.382. The van der Waals surface area contributed by atoms with Crippen LogP contribution < -0.4 is 20.9 Å². The van der Waals surface area contributed by atoms with Crippen LogP contribution in [-0.4, -0.2) is 0 Å². The molecule has 0 aliphatic rings. The van der Waals surface area contributed by atoms with E-state index in [0.717, 1.165) is 28.4 Å². The third kappa shape index (κ3) is 7.58. The van der Waals surface area contributed by atoms with Crippen LogP contribution in [0.4, 0.5) is 0 Å². The Morgan fingerprint density at radius 3 is 1.53 bits per heavy atom. The van der Waals surface area contributed by atoms with Gasteiger partial charge in [0.1, 0.15) is 23.9 Å². The lowest BCUT2D eigenvalue weighted by molar-refractivity contribution is 0.306. The second-order valence-corrected chi connectivity index (χ2v) is 7.39. The van der Waals surface area contributed by atoms with Crippen LogP contribution in [0.2, 0.25) is 0 Å². The van der Waals surface area contributed by atoms with Gasteiger partial charge in [-0.3, -0.25) is 0 Å². The molecule has 0 amide bonds. The number of nitrogens with two attached hydrogens (primary N) is 2. The normalized spacial score (nSPS) is 10.1. The van der Waals surface area contributed by atoms with E-state index in [2.05, 4.69) is 31.2 Å². The summed E-state index contributed by atoms with van der Waals surface area (Å²) in [6.45, 7) is 3.81. The van der Waals surface area contributed by atoms with E-state index in [0.29, 0.717) is 19.7 Å². The first kappa shape index (κ1) is 23.1. The molecule has 0 bridgehead atoms. The van der Waals surface area contributed by atoms with Gasteiger partial charge < -0.3 is 20.9 Å². The summed E-state index contributed by atoms with van der Waals surface area (Å²) < 4.78 is 11.3. The standard InChI is InChI=1S/C15H17NO.C13H13NO/c1-12-2-4-14(5-3-12)11-17-15-8-6-13(10-16)7-9-15;14-10-11-6-8-13(9-7-11)15-12-4-2-1-3-5-12/h2-9H,10-11,16H2,1H3;1-9H,10,14H2. The Balaban J connectivity index is 0.000000182. The minimum Gasteiger partial charge on any atom is -0.489 e. The predicted molar refractivity (Wildman–Crippen MR) is 131 cm³/mol. The van der Waals surface area contributed by atoms with Crippen LogP contribution >= 0.6 is 0 Å². The van der Waals surface area contributed by atoms with E-state index in [9.17, 15) is 0 Å². The largest absolute Gasteiger partial charge is 0.489 e. The van der Waals surface area contributed by atoms with Crippen LogP contribution in [0.1, 0.15) is 22.3 Å². The number of para-hydroxylation sites is 1. The van der Waals surface area contributed by atoms with Crippen molar-refractivity contribution >= 4 is 0 Å². The average molecular weight is 427 g/mol. The molecule has 4 aromatic rings. The molecule has 0 fully saturated rings. The van der Waals surface area contributed by atoms with Crippen molar-refractivity contribution in [2.45, 2.75) is 26.6 Å². The Bertz CT molecular complexity index is 1050. The molecule has 0 radical (unpaired) electrons. The monoisotopic (exact) mass is 426 g/mol. The lowest BCUT2D eigenvalue weighted by Gasteiger charge is -2.07. The highest BCUT2D eigenvalue weighted by molar-refractivity contribution is 5.33. The molecule has 4 aromatic carbocycles. The van der Waals surface area contributed by atoms with Gasteiger partial charge in [-0.2, -0.15) is 0 Å². The minimum atomic E-state index is 0.561. The van der Waals surface area contributed by atoms with Crippen LogP contribution in [0.15, 0.2) is 103 Å². The highest BCUT2D eigenvalue weighted by Gasteiger charge is 1.97. The molecule has 4 nitrogen and oxygen atoms in total. The molecule has 0 saturated heterocycles. The highest BCUT2D eigenvalue weighted by atomic mass is 16.5. The first-order valence-corrected chi connectivity index (χ1v) is 10.7. The fourth-order valence-electron chi connectivity index (χ4n) is 2.89. The lowest BCUT2D eigenvalue weighted by atomic mass is 10.2. The van der Waals surface area contributed by atoms with Gasteiger partial charge in [-0.25, -0.2) is 0 Å². The van der Waals surface area contributed by atoms with E-state index in [1.54, 1.807) is 0 Å². The zero-order chi connectivity index (χ0) is 22.6. The molecule has 0 spiro atoms. The number of rotatable bonds is 7. The maximum Gasteiger partial charge on any atom is 0.127 e. The molecule has 0 atom stereocenters. The highest BCUT2D eigenvalue weighted by Crippen LogP contribution is 2.20. The predicted octanol–water partition coefficient (Wildman–Crippen LogP) is 5.97. The second-order valence-electron chi connectivity index (χ2n) is 7.39. The van der Waals surface area contributed by atoms with Crippen molar-refractivity contribution in [1.82, 2.24) is 0 Å². The molecule has 0 aliphatic carbocycles. The topological polar surface area (TPSA) is 70.5 Å². The summed E-state index contributed by atoms with van der Waals surface area (Å²) in [5.41, 5.74) is 15.7. The molecule has 0 aromatic heterocycles. The fourth-order valence-corrected chi connectivity index (χ4v) is 2.89. The van der Waals surface area contributed by atoms with E-state index >= 15 is 0 Å². The van der Waals surface area contributed by atoms with Crippen LogP contribution in [0, 0.1) is 6.92 Å². The molecular weight excluding hydrogens is 396 g/mol. The van der Waals surface area contributed by atoms with Crippen LogP contribution in [0.25, 0.3) is 0 Å². The van der Waals surface area contributed by atoms with Crippen molar-refractivity contribution in [1.29, 1.82) is 0 Å². The van der Waals surface area contributed by atoms with Crippen molar-refractivity contribution < 1.29 is 9.47 Å². The first-order chi connectivity index (χ1) is 15.7. The maximum atomic E-state index is 5.69. The van der Waals surface area contributed by atoms with Gasteiger partial charge in [-0.1, -0.05) is 72.3 Å². The van der Waals surface area contributed by atoms with Gasteiger partial charge in [-0.05, 0) is 60.0 Å². The van der Waals surface area contributed by atoms with Gasteiger partial charge in [0, 0.05) is 13.1 Å². The summed E-state index contributed by atoms with van der Waals surface area (Å²) in [4.78, 5) is 0. The summed E-state index contributed by atoms with van der Waals surface area (Å²) in [5.74, 6) is 2.55. The second kappa shape index (κ2) is 12.3. The molecule has 0 heterocycles. The maximum absolute atomic E-state index is 5.69. The first-order valence-electron chi connectivity index (χ1n) is 10.7. The van der Waals surface area contributed by atoms with E-state index in [1.807, 2.05) is 78.9 Å². The van der Waals surface area contributed by atoms with Gasteiger partial charge in [0.2, 0.25) is 0 Å². The van der Waals surface area contributed by atoms with Crippen molar-refractivity contribution in [3.8, 4) is 17.2 Å². The molecule has 4 rings (SSSR count). The summed E-state index contributed by atoms with van der Waals surface area (Å²) in [6.07, 6.45) is 0. The molecule has 0 aliphatic heterocycles. The van der Waals surface area contributed by atoms with E-state index in [-0.39, 0.29) is 0 Å². The van der Waals surface area contributed by atoms with Gasteiger partial charge in [-0.15, -0.1) is 0 Å². The van der Waals surface area contributed by atoms with Crippen molar-refractivity contribution in [2.75, 3.05) is 0 Å². The van der Waals surface area contributed by atoms with Crippen LogP contribution in [0.5, 0.6) is 17.2 Å². The molecule has 32 heavy (non-hydrogen) atoms. The molecule has 0 unspecified atom stereocenters. The summed E-state index contributed by atoms with van der Waals surface area (Å²) in [6, 6.07) is 33.8. The Morgan fingerprint density at radius 1 is 0.531 bits per heavy atom. The van der Waals surface area contributed by atoms with Gasteiger partial charge >= 0.3 is 0 Å². The van der Waals surface area contributed by atoms with E-state index in [4.69, 9.17) is 20.9 Å². The van der Waals surface area contributed by atoms with Gasteiger partial charge in [0.25, 0.3) is 0 Å². The lowest BCUT2D eigenvalue weighted by Crippen LogP contribution is -1.97. The van der Waals surface area contributed by atoms with Crippen LogP contribution in [-0.2, 0) is 19.7 Å². The zero-order valence-electron chi connectivity index (χ0n) is 18.4. The summed E-state index contributed by atoms with van der Waals surface area (Å²) >= 11 is 0. The summed E-state index contributed by atoms with van der Waals surface area (Å²) in [5, 5.41) is 0. The molecule has 4 heteroatoms. The smallest absolute Gasteiger partial charge is 0.127 e. The summed E-state index contributed by atoms with van der Waals surface area (Å²) in [7, 11) is 0. The number of hydrogen-bond donors (Lipinski definition) is 2. The third-order valence-corrected chi connectivity index (χ3v) is 4.82. The van der Waals surface area contributed by atoms with Gasteiger partial charge in [0.15, 0.2) is 0 Å². The Kier molecular flexibility index (Phi) is 8.87. The molecule has 164 valence electrons. The molecule has 4 N–H and O–H groups in total. The van der Waals surface area contributed by atoms with Crippen LogP contribution in [0.3, 0.4) is 0 Å². The SMILES string of the molecule is Cc1ccc(COc2ccc(CN)cc2)cc1.NCc1ccc(Oc2ccccc2)cc1. The zero-order valence-corrected chi connectivity index (χ0v) is 18.4. The minimum absolute atomic E-state index is 0.561. The van der Waals surface area contributed by atoms with Crippen molar-refractivity contribution in [3.05, 3.63) is 125 Å². The van der Waals surface area contributed by atoms with E-state index in [1.165, 1.54) is 11.1 Å².